The number of halogens is 1. The summed E-state index contributed by atoms with van der Waals surface area (Å²) in [6, 6.07) is 7.15. The van der Waals surface area contributed by atoms with Crippen molar-refractivity contribution in [1.82, 2.24) is 15.1 Å². The van der Waals surface area contributed by atoms with E-state index in [1.165, 1.54) is 10.9 Å². The molecule has 1 aromatic carbocycles. The fourth-order valence-corrected chi connectivity index (χ4v) is 3.03. The zero-order valence-electron chi connectivity index (χ0n) is 16.1. The van der Waals surface area contributed by atoms with Crippen molar-refractivity contribution in [2.45, 2.75) is 38.6 Å². The summed E-state index contributed by atoms with van der Waals surface area (Å²) in [4.78, 5) is 48.5. The molecule has 0 aliphatic heterocycles. The van der Waals surface area contributed by atoms with Gasteiger partial charge in [-0.2, -0.15) is 9.78 Å². The SMILES string of the molecule is CCC(C(=O)NC(CC(=O)O)C(=O)CF)c1c(C)cnn(-c2ccccc2)c1=O. The van der Waals surface area contributed by atoms with Gasteiger partial charge < -0.3 is 10.4 Å². The van der Waals surface area contributed by atoms with Crippen LogP contribution >= 0.6 is 0 Å². The van der Waals surface area contributed by atoms with Gasteiger partial charge in [-0.05, 0) is 31.0 Å². The maximum Gasteiger partial charge on any atom is 0.305 e. The largest absolute Gasteiger partial charge is 0.481 e. The van der Waals surface area contributed by atoms with Gasteiger partial charge in [0.1, 0.15) is 12.7 Å². The van der Waals surface area contributed by atoms with Crippen LogP contribution in [0.25, 0.3) is 5.69 Å². The van der Waals surface area contributed by atoms with Crippen LogP contribution in [-0.2, 0) is 14.4 Å². The molecule has 0 aliphatic carbocycles. The number of hydrogen-bond donors (Lipinski definition) is 2. The van der Waals surface area contributed by atoms with Crippen LogP contribution in [-0.4, -0.2) is 45.3 Å². The average molecular weight is 403 g/mol. The number of amides is 1. The lowest BCUT2D eigenvalue weighted by atomic mass is 9.93. The van der Waals surface area contributed by atoms with Gasteiger partial charge in [-0.25, -0.2) is 4.39 Å². The summed E-state index contributed by atoms with van der Waals surface area (Å²) in [5.74, 6) is -4.06. The number of Topliss-reactive ketones (excluding diaryl/α,β-unsaturated/α-hetero) is 1. The van der Waals surface area contributed by atoms with E-state index in [-0.39, 0.29) is 12.0 Å². The third-order valence-electron chi connectivity index (χ3n) is 4.50. The third kappa shape index (κ3) is 5.13. The van der Waals surface area contributed by atoms with E-state index < -0.39 is 48.3 Å². The predicted octanol–water partition coefficient (Wildman–Crippen LogP) is 1.53. The lowest BCUT2D eigenvalue weighted by molar-refractivity contribution is -0.140. The van der Waals surface area contributed by atoms with Crippen LogP contribution in [0, 0.1) is 6.92 Å². The molecule has 1 aromatic heterocycles. The van der Waals surface area contributed by atoms with E-state index in [0.717, 1.165) is 0 Å². The number of carboxylic acids is 1. The fraction of sp³-hybridized carbons (Fsp3) is 0.350. The zero-order chi connectivity index (χ0) is 21.6. The molecule has 2 rings (SSSR count). The molecule has 2 N–H and O–H groups in total. The van der Waals surface area contributed by atoms with Crippen LogP contribution in [0.15, 0.2) is 41.3 Å². The summed E-state index contributed by atoms with van der Waals surface area (Å²) in [5, 5.41) is 15.3. The second kappa shape index (κ2) is 9.72. The number of hydrogen-bond acceptors (Lipinski definition) is 5. The first-order chi connectivity index (χ1) is 13.8. The minimum Gasteiger partial charge on any atom is -0.481 e. The molecular weight excluding hydrogens is 381 g/mol. The van der Waals surface area contributed by atoms with Gasteiger partial charge in [0.25, 0.3) is 5.56 Å². The molecule has 154 valence electrons. The summed E-state index contributed by atoms with van der Waals surface area (Å²) >= 11 is 0. The number of alkyl halides is 1. The molecule has 0 bridgehead atoms. The number of aryl methyl sites for hydroxylation is 1. The van der Waals surface area contributed by atoms with Gasteiger partial charge in [-0.3, -0.25) is 19.2 Å². The molecule has 2 aromatic rings. The van der Waals surface area contributed by atoms with Crippen LogP contribution in [0.5, 0.6) is 0 Å². The maximum absolute atomic E-state index is 13.0. The Morgan fingerprint density at radius 3 is 2.45 bits per heavy atom. The molecule has 2 unspecified atom stereocenters. The normalized spacial score (nSPS) is 12.8. The number of nitrogens with zero attached hydrogens (tertiary/aromatic N) is 2. The van der Waals surface area contributed by atoms with Crippen molar-refractivity contribution < 1.29 is 23.9 Å². The Morgan fingerprint density at radius 2 is 1.90 bits per heavy atom. The third-order valence-corrected chi connectivity index (χ3v) is 4.50. The molecule has 0 saturated heterocycles. The molecule has 0 spiro atoms. The first kappa shape index (κ1) is 21.9. The van der Waals surface area contributed by atoms with Crippen molar-refractivity contribution >= 4 is 17.7 Å². The molecule has 8 nitrogen and oxygen atoms in total. The van der Waals surface area contributed by atoms with Gasteiger partial charge >= 0.3 is 5.97 Å². The first-order valence-electron chi connectivity index (χ1n) is 9.05. The van der Waals surface area contributed by atoms with Crippen LogP contribution in [0.3, 0.4) is 0 Å². The number of carbonyl (C=O) groups is 3. The van der Waals surface area contributed by atoms with Gasteiger partial charge in [-0.15, -0.1) is 0 Å². The number of carbonyl (C=O) groups excluding carboxylic acids is 2. The van der Waals surface area contributed by atoms with Gasteiger partial charge in [0.15, 0.2) is 5.78 Å². The Morgan fingerprint density at radius 1 is 1.24 bits per heavy atom. The van der Waals surface area contributed by atoms with Crippen molar-refractivity contribution in [3.8, 4) is 5.69 Å². The molecule has 0 aliphatic rings. The highest BCUT2D eigenvalue weighted by atomic mass is 19.1. The lowest BCUT2D eigenvalue weighted by Crippen LogP contribution is -2.46. The monoisotopic (exact) mass is 403 g/mol. The summed E-state index contributed by atoms with van der Waals surface area (Å²) < 4.78 is 13.9. The number of aliphatic carboxylic acids is 1. The topological polar surface area (TPSA) is 118 Å². The molecule has 1 heterocycles. The molecule has 29 heavy (non-hydrogen) atoms. The summed E-state index contributed by atoms with van der Waals surface area (Å²) in [5.41, 5.74) is 0.691. The van der Waals surface area contributed by atoms with Gasteiger partial charge in [0.05, 0.1) is 24.2 Å². The van der Waals surface area contributed by atoms with Crippen LogP contribution < -0.4 is 10.9 Å². The van der Waals surface area contributed by atoms with Crippen LogP contribution in [0.4, 0.5) is 4.39 Å². The highest BCUT2D eigenvalue weighted by Crippen LogP contribution is 2.20. The Bertz CT molecular complexity index is 958. The minimum atomic E-state index is -1.50. The quantitative estimate of drug-likeness (QED) is 0.656. The average Bonchev–Trinajstić information content (AvgIpc) is 2.70. The molecular formula is C20H22FN3O5. The van der Waals surface area contributed by atoms with E-state index in [2.05, 4.69) is 10.4 Å². The minimum absolute atomic E-state index is 0.186. The number of ketones is 1. The number of benzene rings is 1. The summed E-state index contributed by atoms with van der Waals surface area (Å²) in [7, 11) is 0. The van der Waals surface area contributed by atoms with Crippen molar-refractivity contribution in [2.75, 3.05) is 6.67 Å². The number of nitrogens with one attached hydrogen (secondary N) is 1. The van der Waals surface area contributed by atoms with Gasteiger partial charge in [0.2, 0.25) is 5.91 Å². The van der Waals surface area contributed by atoms with Crippen LogP contribution in [0.1, 0.15) is 36.8 Å². The van der Waals surface area contributed by atoms with Crippen molar-refractivity contribution in [2.24, 2.45) is 0 Å². The predicted molar refractivity (Wildman–Crippen MR) is 103 cm³/mol. The van der Waals surface area contributed by atoms with Gasteiger partial charge in [-0.1, -0.05) is 25.1 Å². The number of rotatable bonds is 9. The number of aromatic nitrogens is 2. The molecule has 1 amide bonds. The van der Waals surface area contributed by atoms with Crippen molar-refractivity contribution in [3.05, 3.63) is 58.0 Å². The van der Waals surface area contributed by atoms with E-state index in [0.29, 0.717) is 11.3 Å². The molecule has 9 heteroatoms. The smallest absolute Gasteiger partial charge is 0.305 e. The summed E-state index contributed by atoms with van der Waals surface area (Å²) in [6.07, 6.45) is 0.931. The van der Waals surface area contributed by atoms with E-state index >= 15 is 0 Å². The van der Waals surface area contributed by atoms with E-state index in [1.54, 1.807) is 44.2 Å². The molecule has 0 fully saturated rings. The Kier molecular flexibility index (Phi) is 7.35. The Balaban J connectivity index is 2.42. The zero-order valence-corrected chi connectivity index (χ0v) is 16.1. The lowest BCUT2D eigenvalue weighted by Gasteiger charge is -2.21. The van der Waals surface area contributed by atoms with Crippen molar-refractivity contribution in [3.63, 3.8) is 0 Å². The highest BCUT2D eigenvalue weighted by molar-refractivity contribution is 5.94. The number of carboxylic acid groups (broad SMARTS) is 1. The van der Waals surface area contributed by atoms with E-state index in [4.69, 9.17) is 5.11 Å². The van der Waals surface area contributed by atoms with E-state index in [1.807, 2.05) is 0 Å². The summed E-state index contributed by atoms with van der Waals surface area (Å²) in [6.45, 7) is 1.92. The number of para-hydroxylation sites is 1. The second-order valence-corrected chi connectivity index (χ2v) is 6.51. The molecule has 0 radical (unpaired) electrons. The Hall–Kier alpha value is -3.36. The Labute approximate surface area is 166 Å². The van der Waals surface area contributed by atoms with Gasteiger partial charge in [0, 0.05) is 5.56 Å². The maximum atomic E-state index is 13.0. The molecule has 0 saturated carbocycles. The second-order valence-electron chi connectivity index (χ2n) is 6.51. The van der Waals surface area contributed by atoms with Crippen LogP contribution in [0.2, 0.25) is 0 Å². The highest BCUT2D eigenvalue weighted by Gasteiger charge is 2.30. The molecule has 2 atom stereocenters. The first-order valence-corrected chi connectivity index (χ1v) is 9.05. The van der Waals surface area contributed by atoms with E-state index in [9.17, 15) is 23.6 Å². The fourth-order valence-electron chi connectivity index (χ4n) is 3.03. The standard InChI is InChI=1S/C20H22FN3O5/c1-3-14(19(28)23-15(9-17(26)27)16(25)10-21)18-12(2)11-22-24(20(18)29)13-7-5-4-6-8-13/h4-8,11,14-15H,3,9-10H2,1-2H3,(H,23,28)(H,26,27). The van der Waals surface area contributed by atoms with Crippen molar-refractivity contribution in [1.29, 1.82) is 0 Å².